The molecule has 0 radical (unpaired) electrons. The van der Waals surface area contributed by atoms with Crippen LogP contribution in [-0.4, -0.2) is 4.98 Å². The van der Waals surface area contributed by atoms with Crippen LogP contribution in [0, 0.1) is 5.92 Å². The van der Waals surface area contributed by atoms with Crippen LogP contribution in [-0.2, 0) is 0 Å². The lowest BCUT2D eigenvalue weighted by Gasteiger charge is -2.32. The van der Waals surface area contributed by atoms with Crippen molar-refractivity contribution in [3.8, 4) is 0 Å². The van der Waals surface area contributed by atoms with E-state index in [9.17, 15) is 0 Å². The lowest BCUT2D eigenvalue weighted by atomic mass is 9.72. The fourth-order valence-corrected chi connectivity index (χ4v) is 2.59. The maximum atomic E-state index is 3.35. The van der Waals surface area contributed by atoms with Crippen molar-refractivity contribution >= 4 is 10.9 Å². The number of aromatic amines is 1. The minimum Gasteiger partial charge on any atom is -0.361 e. The number of para-hydroxylation sites is 1. The standard InChI is InChI=1S/C13H15N.C3H8/c1-9-6-10(7-9)12-8-14-13-5-3-2-4-11(12)13;1-3-2/h2-5,8-10,14H,6-7H2,1H3;3H2,1-2H3. The van der Waals surface area contributed by atoms with Gasteiger partial charge in [0, 0.05) is 17.1 Å². The highest BCUT2D eigenvalue weighted by atomic mass is 14.7. The molecule has 0 spiro atoms. The molecule has 1 aliphatic rings. The van der Waals surface area contributed by atoms with Gasteiger partial charge in [-0.2, -0.15) is 0 Å². The molecule has 1 heterocycles. The summed E-state index contributed by atoms with van der Waals surface area (Å²) in [6.07, 6.45) is 6.17. The van der Waals surface area contributed by atoms with Gasteiger partial charge >= 0.3 is 0 Å². The molecule has 1 aliphatic carbocycles. The van der Waals surface area contributed by atoms with Crippen LogP contribution in [0.3, 0.4) is 0 Å². The summed E-state index contributed by atoms with van der Waals surface area (Å²) in [5.74, 6) is 1.73. The molecule has 1 nitrogen and oxygen atoms in total. The number of aromatic nitrogens is 1. The SMILES string of the molecule is CC1CC(c2c[nH]c3ccccc23)C1.CCC. The first-order valence-corrected chi connectivity index (χ1v) is 6.82. The highest BCUT2D eigenvalue weighted by Crippen LogP contribution is 2.43. The van der Waals surface area contributed by atoms with Gasteiger partial charge in [0.1, 0.15) is 0 Å². The molecule has 1 heteroatoms. The molecule has 0 saturated heterocycles. The number of H-pyrrole nitrogens is 1. The Morgan fingerprint density at radius 3 is 2.47 bits per heavy atom. The number of fused-ring (bicyclic) bond motifs is 1. The maximum absolute atomic E-state index is 3.35. The topological polar surface area (TPSA) is 15.8 Å². The monoisotopic (exact) mass is 229 g/mol. The summed E-state index contributed by atoms with van der Waals surface area (Å²) in [5, 5.41) is 1.42. The van der Waals surface area contributed by atoms with Crippen molar-refractivity contribution in [2.45, 2.75) is 46.0 Å². The van der Waals surface area contributed by atoms with Crippen LogP contribution in [0.15, 0.2) is 30.5 Å². The molecule has 0 amide bonds. The van der Waals surface area contributed by atoms with Gasteiger partial charge in [-0.25, -0.2) is 0 Å². The third-order valence-electron chi connectivity index (χ3n) is 3.43. The zero-order valence-electron chi connectivity index (χ0n) is 11.2. The Kier molecular flexibility index (Phi) is 3.88. The van der Waals surface area contributed by atoms with Crippen LogP contribution in [0.2, 0.25) is 0 Å². The molecule has 1 saturated carbocycles. The summed E-state index contributed by atoms with van der Waals surface area (Å²) in [6.45, 7) is 6.59. The van der Waals surface area contributed by atoms with Crippen LogP contribution >= 0.6 is 0 Å². The second-order valence-electron chi connectivity index (χ2n) is 5.27. The zero-order chi connectivity index (χ0) is 12.3. The highest BCUT2D eigenvalue weighted by Gasteiger charge is 2.28. The number of nitrogens with one attached hydrogen (secondary N) is 1. The minimum atomic E-state index is 0.807. The molecule has 0 unspecified atom stereocenters. The molecule has 92 valence electrons. The first-order valence-electron chi connectivity index (χ1n) is 6.82. The Morgan fingerprint density at radius 1 is 1.18 bits per heavy atom. The van der Waals surface area contributed by atoms with Crippen LogP contribution in [0.5, 0.6) is 0 Å². The van der Waals surface area contributed by atoms with Gasteiger partial charge in [-0.3, -0.25) is 0 Å². The van der Waals surface area contributed by atoms with E-state index >= 15 is 0 Å². The predicted octanol–water partition coefficient (Wildman–Crippen LogP) is 5.10. The van der Waals surface area contributed by atoms with Gasteiger partial charge in [0.15, 0.2) is 0 Å². The molecule has 1 aromatic carbocycles. The summed E-state index contributed by atoms with van der Waals surface area (Å²) >= 11 is 0. The van der Waals surface area contributed by atoms with Crippen molar-refractivity contribution in [1.82, 2.24) is 4.98 Å². The van der Waals surface area contributed by atoms with Crippen molar-refractivity contribution in [3.05, 3.63) is 36.0 Å². The molecule has 0 bridgehead atoms. The second kappa shape index (κ2) is 5.39. The fourth-order valence-electron chi connectivity index (χ4n) is 2.59. The van der Waals surface area contributed by atoms with Gasteiger partial charge in [0.05, 0.1) is 0 Å². The molecule has 1 N–H and O–H groups in total. The summed E-state index contributed by atoms with van der Waals surface area (Å²) in [7, 11) is 0. The van der Waals surface area contributed by atoms with Crippen LogP contribution in [0.1, 0.15) is 51.5 Å². The summed E-state index contributed by atoms with van der Waals surface area (Å²) in [4.78, 5) is 3.35. The molecule has 1 fully saturated rings. The maximum Gasteiger partial charge on any atom is 0.0456 e. The van der Waals surface area contributed by atoms with E-state index < -0.39 is 0 Å². The summed E-state index contributed by atoms with van der Waals surface area (Å²) < 4.78 is 0. The van der Waals surface area contributed by atoms with E-state index in [0.29, 0.717) is 0 Å². The Bertz CT molecular complexity index is 463. The van der Waals surface area contributed by atoms with Crippen molar-refractivity contribution in [1.29, 1.82) is 0 Å². The lowest BCUT2D eigenvalue weighted by Crippen LogP contribution is -2.18. The quantitative estimate of drug-likeness (QED) is 0.700. The first kappa shape index (κ1) is 12.2. The van der Waals surface area contributed by atoms with Crippen molar-refractivity contribution in [3.63, 3.8) is 0 Å². The second-order valence-corrected chi connectivity index (χ2v) is 5.27. The first-order chi connectivity index (χ1) is 8.26. The van der Waals surface area contributed by atoms with E-state index in [1.165, 1.54) is 35.7 Å². The number of benzene rings is 1. The Morgan fingerprint density at radius 2 is 1.82 bits per heavy atom. The molecule has 3 rings (SSSR count). The van der Waals surface area contributed by atoms with Gasteiger partial charge in [-0.05, 0) is 36.3 Å². The van der Waals surface area contributed by atoms with Gasteiger partial charge < -0.3 is 4.98 Å². The molecule has 1 aromatic heterocycles. The molecule has 2 aromatic rings. The van der Waals surface area contributed by atoms with Gasteiger partial charge in [-0.15, -0.1) is 0 Å². The Balaban J connectivity index is 0.000000329. The van der Waals surface area contributed by atoms with Crippen molar-refractivity contribution in [2.24, 2.45) is 5.92 Å². The van der Waals surface area contributed by atoms with Gasteiger partial charge in [0.2, 0.25) is 0 Å². The van der Waals surface area contributed by atoms with Crippen molar-refractivity contribution in [2.75, 3.05) is 0 Å². The Hall–Kier alpha value is -1.24. The number of hydrogen-bond acceptors (Lipinski definition) is 0. The van der Waals surface area contributed by atoms with E-state index in [-0.39, 0.29) is 0 Å². The van der Waals surface area contributed by atoms with Gasteiger partial charge in [0.25, 0.3) is 0 Å². The number of hydrogen-bond donors (Lipinski definition) is 1. The lowest BCUT2D eigenvalue weighted by molar-refractivity contribution is 0.290. The van der Waals surface area contributed by atoms with E-state index in [0.717, 1.165) is 11.8 Å². The summed E-state index contributed by atoms with van der Waals surface area (Å²) in [6, 6.07) is 8.60. The average molecular weight is 229 g/mol. The van der Waals surface area contributed by atoms with Crippen LogP contribution < -0.4 is 0 Å². The minimum absolute atomic E-state index is 0.807. The highest BCUT2D eigenvalue weighted by molar-refractivity contribution is 5.83. The van der Waals surface area contributed by atoms with Crippen LogP contribution in [0.4, 0.5) is 0 Å². The largest absolute Gasteiger partial charge is 0.361 e. The van der Waals surface area contributed by atoms with E-state index in [1.54, 1.807) is 0 Å². The number of rotatable bonds is 1. The van der Waals surface area contributed by atoms with E-state index in [2.05, 4.69) is 56.2 Å². The van der Waals surface area contributed by atoms with Crippen molar-refractivity contribution < 1.29 is 0 Å². The van der Waals surface area contributed by atoms with E-state index in [4.69, 9.17) is 0 Å². The molecule has 0 atom stereocenters. The molecular formula is C16H23N. The third kappa shape index (κ3) is 2.54. The third-order valence-corrected chi connectivity index (χ3v) is 3.43. The van der Waals surface area contributed by atoms with E-state index in [1.807, 2.05) is 0 Å². The van der Waals surface area contributed by atoms with Crippen LogP contribution in [0.25, 0.3) is 10.9 Å². The Labute approximate surface area is 104 Å². The molecule has 0 aliphatic heterocycles. The van der Waals surface area contributed by atoms with Gasteiger partial charge in [-0.1, -0.05) is 45.4 Å². The predicted molar refractivity (Wildman–Crippen MR) is 75.4 cm³/mol. The average Bonchev–Trinajstić information content (AvgIpc) is 2.69. The molecular weight excluding hydrogens is 206 g/mol. The summed E-state index contributed by atoms with van der Waals surface area (Å²) in [5.41, 5.74) is 2.81. The molecule has 17 heavy (non-hydrogen) atoms. The normalized spacial score (nSPS) is 22.8. The zero-order valence-corrected chi connectivity index (χ0v) is 11.2. The smallest absolute Gasteiger partial charge is 0.0456 e. The fraction of sp³-hybridized carbons (Fsp3) is 0.500.